The second-order valence-electron chi connectivity index (χ2n) is 31.5. The Balaban J connectivity index is 0.000000148. The first-order valence-corrected chi connectivity index (χ1v) is 45.3. The van der Waals surface area contributed by atoms with E-state index >= 15 is 0 Å². The van der Waals surface area contributed by atoms with Crippen molar-refractivity contribution in [2.75, 3.05) is 73.6 Å². The predicted octanol–water partition coefficient (Wildman–Crippen LogP) is 20.3. The van der Waals surface area contributed by atoms with Gasteiger partial charge < -0.3 is 40.9 Å². The van der Waals surface area contributed by atoms with Crippen molar-refractivity contribution in [1.29, 1.82) is 21.6 Å². The van der Waals surface area contributed by atoms with Crippen LogP contribution in [0.15, 0.2) is 276 Å². The van der Waals surface area contributed by atoms with Gasteiger partial charge in [-0.05, 0) is 191 Å². The zero-order valence-electron chi connectivity index (χ0n) is 71.3. The lowest BCUT2D eigenvalue weighted by Gasteiger charge is -2.29. The molecule has 4 aliphatic heterocycles. The van der Waals surface area contributed by atoms with Gasteiger partial charge in [0.05, 0.1) is 10.0 Å². The van der Waals surface area contributed by atoms with Crippen LogP contribution < -0.4 is 21.3 Å². The number of amidine groups is 4. The van der Waals surface area contributed by atoms with Crippen molar-refractivity contribution in [3.05, 3.63) is 375 Å². The normalized spacial score (nSPS) is 13.3. The van der Waals surface area contributed by atoms with Crippen LogP contribution in [0.2, 0.25) is 10.0 Å². The number of pyridine rings is 4. The van der Waals surface area contributed by atoms with E-state index < -0.39 is 0 Å². The number of amides is 4. The van der Waals surface area contributed by atoms with E-state index in [0.717, 1.165) is 135 Å². The minimum Gasteiger partial charge on any atom is -0.357 e. The Morgan fingerprint density at radius 2 is 0.462 bits per heavy atom. The number of hydrogen-bond donors (Lipinski definition) is 8. The molecule has 12 aromatic rings. The lowest BCUT2D eigenvalue weighted by molar-refractivity contribution is 0.0980. The molecule has 0 bridgehead atoms. The number of rotatable bonds is 24. The first-order chi connectivity index (χ1) is 63.0. The van der Waals surface area contributed by atoms with Crippen LogP contribution in [0.3, 0.4) is 0 Å². The van der Waals surface area contributed by atoms with Gasteiger partial charge in [0, 0.05) is 179 Å². The predicted molar refractivity (Wildman–Crippen MR) is 518 cm³/mol. The molecule has 130 heavy (non-hydrogen) atoms. The Morgan fingerprint density at radius 3 is 0.669 bits per heavy atom. The van der Waals surface area contributed by atoms with Crippen LogP contribution in [0.4, 0.5) is 23.3 Å². The summed E-state index contributed by atoms with van der Waals surface area (Å²) in [5.41, 5.74) is 9.79. The fourth-order valence-electron chi connectivity index (χ4n) is 15.3. The van der Waals surface area contributed by atoms with E-state index in [-0.39, 0.29) is 72.4 Å². The lowest BCUT2D eigenvalue weighted by atomic mass is 9.97. The van der Waals surface area contributed by atoms with Gasteiger partial charge in [-0.2, -0.15) is 0 Å². The van der Waals surface area contributed by atoms with Crippen LogP contribution >= 0.6 is 55.1 Å². The molecule has 24 nitrogen and oxygen atoms in total. The van der Waals surface area contributed by atoms with Crippen molar-refractivity contribution >= 4 is 148 Å². The summed E-state index contributed by atoms with van der Waals surface area (Å²) in [5, 5.41) is 45.6. The molecule has 660 valence electrons. The standard InChI is InChI=1S/C26H25BrN4O2.C26H25ClN4O2.C25H23BrN4O2.C25H23ClN4O2/c2*27-21-12-13-24(29-17-21)30-26(33)22-7-3-2-6-20(22)16-23(32)18-8-10-19(11-9-18)25(28)31-14-4-1-5-15-31;2*26-20-11-12-23(28-16-20)29-25(32)21-6-2-1-5-19(21)15-22(31)17-7-9-18(10-8-17)24(27)30-13-3-4-14-30/h2*2-3,6-13,17,28H,1,4-5,14-16H2,(H,29,30,33);2*1-2,5-12,16,27H,3-4,13-15H2,(H,28,29,32). The average Bonchev–Trinajstić information content (AvgIpc) is 1.53. The van der Waals surface area contributed by atoms with Crippen LogP contribution in [0, 0.1) is 21.6 Å². The average molecular weight is 1900 g/mol. The summed E-state index contributed by atoms with van der Waals surface area (Å²) in [4.78, 5) is 128. The van der Waals surface area contributed by atoms with E-state index in [1.165, 1.54) is 25.2 Å². The fourth-order valence-corrected chi connectivity index (χ4v) is 16.0. The van der Waals surface area contributed by atoms with Gasteiger partial charge in [0.15, 0.2) is 23.1 Å². The zero-order chi connectivity index (χ0) is 91.4. The molecule has 4 fully saturated rings. The van der Waals surface area contributed by atoms with Crippen LogP contribution in [0.1, 0.15) is 192 Å². The quantitative estimate of drug-likeness (QED) is 0.0158. The van der Waals surface area contributed by atoms with E-state index in [0.29, 0.717) is 123 Å². The molecular formula is C102H96Br2Cl2N16O8. The zero-order valence-corrected chi connectivity index (χ0v) is 76.0. The van der Waals surface area contributed by atoms with Gasteiger partial charge in [-0.25, -0.2) is 19.9 Å². The van der Waals surface area contributed by atoms with Crippen LogP contribution in [0.25, 0.3) is 0 Å². The number of aromatic nitrogens is 4. The van der Waals surface area contributed by atoms with Crippen LogP contribution in [0.5, 0.6) is 0 Å². The second-order valence-corrected chi connectivity index (χ2v) is 34.2. The summed E-state index contributed by atoms with van der Waals surface area (Å²) in [6, 6.07) is 70.5. The van der Waals surface area contributed by atoms with Gasteiger partial charge in [-0.15, -0.1) is 0 Å². The van der Waals surface area contributed by atoms with E-state index in [1.807, 2.05) is 66.7 Å². The summed E-state index contributed by atoms with van der Waals surface area (Å²) >= 11 is 18.3. The van der Waals surface area contributed by atoms with Crippen molar-refractivity contribution < 1.29 is 38.4 Å². The molecule has 0 atom stereocenters. The summed E-state index contributed by atoms with van der Waals surface area (Å²) in [6.07, 6.45) is 17.9. The first-order valence-electron chi connectivity index (χ1n) is 43.0. The number of nitrogens with one attached hydrogen (secondary N) is 8. The summed E-state index contributed by atoms with van der Waals surface area (Å²) in [6.45, 7) is 7.27. The third kappa shape index (κ3) is 26.3. The molecule has 4 amide bonds. The molecule has 4 aliphatic rings. The van der Waals surface area contributed by atoms with Crippen molar-refractivity contribution in [2.24, 2.45) is 0 Å². The van der Waals surface area contributed by atoms with Crippen molar-refractivity contribution in [1.82, 2.24) is 39.5 Å². The molecule has 0 aliphatic carbocycles. The highest BCUT2D eigenvalue weighted by Crippen LogP contribution is 2.27. The highest BCUT2D eigenvalue weighted by molar-refractivity contribution is 9.10. The van der Waals surface area contributed by atoms with Crippen LogP contribution in [-0.2, 0) is 25.7 Å². The number of anilines is 4. The Bertz CT molecular complexity index is 5700. The molecule has 4 saturated heterocycles. The number of ketones is 4. The number of likely N-dealkylation sites (tertiary alicyclic amines) is 4. The monoisotopic (exact) mass is 1900 g/mol. The van der Waals surface area contributed by atoms with E-state index in [4.69, 9.17) is 44.8 Å². The maximum Gasteiger partial charge on any atom is 0.257 e. The minimum absolute atomic E-state index is 0.0759. The van der Waals surface area contributed by atoms with E-state index in [2.05, 4.69) is 92.7 Å². The molecule has 8 N–H and O–H groups in total. The number of halogens is 4. The summed E-state index contributed by atoms with van der Waals surface area (Å²) in [7, 11) is 0. The Kier molecular flexibility index (Phi) is 33.5. The van der Waals surface area contributed by atoms with Crippen molar-refractivity contribution in [3.63, 3.8) is 0 Å². The van der Waals surface area contributed by atoms with E-state index in [9.17, 15) is 38.4 Å². The second kappa shape index (κ2) is 46.4. The molecule has 0 radical (unpaired) electrons. The van der Waals surface area contributed by atoms with Gasteiger partial charge >= 0.3 is 0 Å². The molecule has 0 unspecified atom stereocenters. The SMILES string of the molecule is N=C(c1ccc(C(=O)Cc2ccccc2C(=O)Nc2ccc(Br)cn2)cc1)N1CCCC1.N=C(c1ccc(C(=O)Cc2ccccc2C(=O)Nc2ccc(Br)cn2)cc1)N1CCCCC1.N=C(c1ccc(C(=O)Cc2ccccc2C(=O)Nc2ccc(Cl)cn2)cc1)N1CCCC1.N=C(c1ccc(C(=O)Cc2ccccc2C(=O)Nc2ccc(Cl)cn2)cc1)N1CCCCC1. The third-order valence-electron chi connectivity index (χ3n) is 22.4. The maximum atomic E-state index is 13.0. The summed E-state index contributed by atoms with van der Waals surface area (Å²) < 4.78 is 1.65. The van der Waals surface area contributed by atoms with E-state index in [1.54, 1.807) is 188 Å². The number of carbonyl (C=O) groups is 8. The molecule has 4 aromatic heterocycles. The molecule has 8 aromatic carbocycles. The number of Topliss-reactive ketones (excluding diaryl/α,β-unsaturated/α-hetero) is 4. The van der Waals surface area contributed by atoms with Gasteiger partial charge in [0.25, 0.3) is 23.6 Å². The highest BCUT2D eigenvalue weighted by Gasteiger charge is 2.26. The van der Waals surface area contributed by atoms with Crippen LogP contribution in [-0.4, -0.2) is 162 Å². The molecular weight excluding hydrogens is 1810 g/mol. The number of carbonyl (C=O) groups excluding carboxylic acids is 8. The molecule has 8 heterocycles. The van der Waals surface area contributed by atoms with Crippen molar-refractivity contribution in [3.8, 4) is 0 Å². The fraction of sp³-hybridized carbons (Fsp3) is 0.216. The first kappa shape index (κ1) is 94.0. The Hall–Kier alpha value is -13.7. The van der Waals surface area contributed by atoms with Gasteiger partial charge in [-0.3, -0.25) is 60.0 Å². The number of hydrogen-bond acceptors (Lipinski definition) is 16. The van der Waals surface area contributed by atoms with Gasteiger partial charge in [-0.1, -0.05) is 193 Å². The number of piperidine rings is 2. The molecule has 28 heteroatoms. The Labute approximate surface area is 781 Å². The van der Waals surface area contributed by atoms with Crippen molar-refractivity contribution in [2.45, 2.75) is 89.9 Å². The molecule has 16 rings (SSSR count). The molecule has 0 saturated carbocycles. The van der Waals surface area contributed by atoms with Gasteiger partial charge in [0.1, 0.15) is 46.6 Å². The lowest BCUT2D eigenvalue weighted by Crippen LogP contribution is -2.35. The molecule has 0 spiro atoms. The Morgan fingerprint density at radius 1 is 0.262 bits per heavy atom. The minimum atomic E-state index is -0.336. The number of nitrogens with zero attached hydrogens (tertiary/aromatic N) is 8. The van der Waals surface area contributed by atoms with Gasteiger partial charge in [0.2, 0.25) is 0 Å². The summed E-state index contributed by atoms with van der Waals surface area (Å²) in [5.74, 6) is 2.06. The smallest absolute Gasteiger partial charge is 0.257 e. The number of benzene rings is 8. The highest BCUT2D eigenvalue weighted by atomic mass is 79.9. The third-order valence-corrected chi connectivity index (χ3v) is 23.8. The maximum absolute atomic E-state index is 13.0. The topological polar surface area (TPSA) is 345 Å². The largest absolute Gasteiger partial charge is 0.357 e.